The van der Waals surface area contributed by atoms with E-state index in [9.17, 15) is 5.11 Å². The standard InChI is InChI=1S/C14H21NO/c1-10(2)5-6-15-9-13-8-11(3)7-12(4)14(13)16/h7-10,16H,5-6H2,1-4H3. The van der Waals surface area contributed by atoms with Gasteiger partial charge in [-0.2, -0.15) is 0 Å². The molecule has 0 aliphatic heterocycles. The van der Waals surface area contributed by atoms with Gasteiger partial charge in [-0.3, -0.25) is 4.99 Å². The third-order valence-electron chi connectivity index (χ3n) is 2.54. The molecule has 0 unspecified atom stereocenters. The molecule has 0 fully saturated rings. The average molecular weight is 219 g/mol. The maximum Gasteiger partial charge on any atom is 0.127 e. The molecule has 1 N–H and O–H groups in total. The molecular weight excluding hydrogens is 198 g/mol. The Morgan fingerprint density at radius 3 is 2.62 bits per heavy atom. The lowest BCUT2D eigenvalue weighted by Gasteiger charge is -2.05. The summed E-state index contributed by atoms with van der Waals surface area (Å²) in [5.41, 5.74) is 2.88. The van der Waals surface area contributed by atoms with Gasteiger partial charge in [-0.15, -0.1) is 0 Å². The fourth-order valence-electron chi connectivity index (χ4n) is 1.59. The van der Waals surface area contributed by atoms with E-state index in [-0.39, 0.29) is 0 Å². The predicted octanol–water partition coefficient (Wildman–Crippen LogP) is 3.47. The van der Waals surface area contributed by atoms with Gasteiger partial charge < -0.3 is 5.11 Å². The van der Waals surface area contributed by atoms with E-state index in [0.29, 0.717) is 11.7 Å². The zero-order chi connectivity index (χ0) is 12.1. The lowest BCUT2D eigenvalue weighted by Crippen LogP contribution is -1.93. The molecule has 88 valence electrons. The van der Waals surface area contributed by atoms with Gasteiger partial charge >= 0.3 is 0 Å². The van der Waals surface area contributed by atoms with Crippen LogP contribution in [0, 0.1) is 19.8 Å². The van der Waals surface area contributed by atoms with Crippen LogP contribution in [0.5, 0.6) is 5.75 Å². The van der Waals surface area contributed by atoms with Crippen molar-refractivity contribution in [1.29, 1.82) is 0 Å². The van der Waals surface area contributed by atoms with Gasteiger partial charge in [0, 0.05) is 18.3 Å². The van der Waals surface area contributed by atoms with Gasteiger partial charge in [-0.05, 0) is 43.4 Å². The zero-order valence-electron chi connectivity index (χ0n) is 10.6. The van der Waals surface area contributed by atoms with E-state index in [1.807, 2.05) is 26.0 Å². The van der Waals surface area contributed by atoms with E-state index in [1.165, 1.54) is 0 Å². The normalized spacial score (nSPS) is 11.6. The topological polar surface area (TPSA) is 32.6 Å². The molecule has 16 heavy (non-hydrogen) atoms. The number of aryl methyl sites for hydroxylation is 2. The molecule has 0 spiro atoms. The third-order valence-corrected chi connectivity index (χ3v) is 2.54. The first-order valence-electron chi connectivity index (χ1n) is 5.80. The number of aromatic hydroxyl groups is 1. The van der Waals surface area contributed by atoms with Crippen molar-refractivity contribution in [1.82, 2.24) is 0 Å². The molecule has 0 aliphatic rings. The Balaban J connectivity index is 2.73. The van der Waals surface area contributed by atoms with Crippen molar-refractivity contribution in [2.45, 2.75) is 34.1 Å². The summed E-state index contributed by atoms with van der Waals surface area (Å²) >= 11 is 0. The van der Waals surface area contributed by atoms with E-state index in [1.54, 1.807) is 6.21 Å². The van der Waals surface area contributed by atoms with Gasteiger partial charge in [0.1, 0.15) is 5.75 Å². The van der Waals surface area contributed by atoms with Gasteiger partial charge in [-0.25, -0.2) is 0 Å². The average Bonchev–Trinajstić information content (AvgIpc) is 2.19. The summed E-state index contributed by atoms with van der Waals surface area (Å²) in [5.74, 6) is 1.02. The van der Waals surface area contributed by atoms with Crippen LogP contribution in [0.1, 0.15) is 37.0 Å². The second-order valence-corrected chi connectivity index (χ2v) is 4.74. The highest BCUT2D eigenvalue weighted by Gasteiger charge is 2.02. The molecule has 0 bridgehead atoms. The molecule has 1 rings (SSSR count). The summed E-state index contributed by atoms with van der Waals surface area (Å²) in [6.07, 6.45) is 2.86. The molecule has 0 radical (unpaired) electrons. The smallest absolute Gasteiger partial charge is 0.127 e. The number of hydrogen-bond donors (Lipinski definition) is 1. The van der Waals surface area contributed by atoms with Crippen LogP contribution in [-0.4, -0.2) is 17.9 Å². The monoisotopic (exact) mass is 219 g/mol. The van der Waals surface area contributed by atoms with Crippen LogP contribution in [0.15, 0.2) is 17.1 Å². The molecule has 0 saturated carbocycles. The maximum absolute atomic E-state index is 9.84. The van der Waals surface area contributed by atoms with Crippen LogP contribution in [0.3, 0.4) is 0 Å². The summed E-state index contributed by atoms with van der Waals surface area (Å²) in [6.45, 7) is 9.13. The number of aliphatic imine (C=N–C) groups is 1. The summed E-state index contributed by atoms with van der Waals surface area (Å²) in [5, 5.41) is 9.84. The second kappa shape index (κ2) is 5.69. The highest BCUT2D eigenvalue weighted by Crippen LogP contribution is 2.22. The molecule has 2 nitrogen and oxygen atoms in total. The van der Waals surface area contributed by atoms with Crippen LogP contribution < -0.4 is 0 Å². The lowest BCUT2D eigenvalue weighted by atomic mass is 10.1. The van der Waals surface area contributed by atoms with Crippen LogP contribution >= 0.6 is 0 Å². The molecular formula is C14H21NO. The maximum atomic E-state index is 9.84. The fraction of sp³-hybridized carbons (Fsp3) is 0.500. The predicted molar refractivity (Wildman–Crippen MR) is 69.5 cm³/mol. The molecule has 0 aliphatic carbocycles. The van der Waals surface area contributed by atoms with Gasteiger partial charge in [0.15, 0.2) is 0 Å². The van der Waals surface area contributed by atoms with Crippen LogP contribution in [-0.2, 0) is 0 Å². The largest absolute Gasteiger partial charge is 0.507 e. The first-order valence-corrected chi connectivity index (χ1v) is 5.80. The molecule has 0 atom stereocenters. The van der Waals surface area contributed by atoms with E-state index in [0.717, 1.165) is 29.7 Å². The van der Waals surface area contributed by atoms with Crippen LogP contribution in [0.2, 0.25) is 0 Å². The van der Waals surface area contributed by atoms with E-state index >= 15 is 0 Å². The van der Waals surface area contributed by atoms with Gasteiger partial charge in [0.2, 0.25) is 0 Å². The van der Waals surface area contributed by atoms with Gasteiger partial charge in [-0.1, -0.05) is 19.9 Å². The van der Waals surface area contributed by atoms with Crippen LogP contribution in [0.4, 0.5) is 0 Å². The van der Waals surface area contributed by atoms with E-state index in [2.05, 4.69) is 18.8 Å². The van der Waals surface area contributed by atoms with Crippen molar-refractivity contribution in [3.63, 3.8) is 0 Å². The van der Waals surface area contributed by atoms with Crippen molar-refractivity contribution in [2.75, 3.05) is 6.54 Å². The summed E-state index contributed by atoms with van der Waals surface area (Å²) in [7, 11) is 0. The van der Waals surface area contributed by atoms with Crippen molar-refractivity contribution in [2.24, 2.45) is 10.9 Å². The minimum absolute atomic E-state index is 0.346. The van der Waals surface area contributed by atoms with E-state index < -0.39 is 0 Å². The number of nitrogens with zero attached hydrogens (tertiary/aromatic N) is 1. The fourth-order valence-corrected chi connectivity index (χ4v) is 1.59. The summed E-state index contributed by atoms with van der Waals surface area (Å²) in [6, 6.07) is 3.93. The second-order valence-electron chi connectivity index (χ2n) is 4.74. The minimum Gasteiger partial charge on any atom is -0.507 e. The summed E-state index contributed by atoms with van der Waals surface area (Å²) < 4.78 is 0. The Morgan fingerprint density at radius 2 is 2.00 bits per heavy atom. The van der Waals surface area contributed by atoms with Gasteiger partial charge in [0.25, 0.3) is 0 Å². The Labute approximate surface area is 98.0 Å². The number of hydrogen-bond acceptors (Lipinski definition) is 2. The van der Waals surface area contributed by atoms with Gasteiger partial charge in [0.05, 0.1) is 0 Å². The molecule has 1 aromatic rings. The molecule has 0 amide bonds. The molecule has 2 heteroatoms. The summed E-state index contributed by atoms with van der Waals surface area (Å²) in [4.78, 5) is 4.34. The van der Waals surface area contributed by atoms with Crippen molar-refractivity contribution >= 4 is 6.21 Å². The molecule has 0 heterocycles. The zero-order valence-corrected chi connectivity index (χ0v) is 10.6. The van der Waals surface area contributed by atoms with Crippen molar-refractivity contribution in [3.05, 3.63) is 28.8 Å². The number of phenols is 1. The Bertz CT molecular complexity index is 381. The number of rotatable bonds is 4. The SMILES string of the molecule is Cc1cc(C)c(O)c(C=NCCC(C)C)c1. The molecule has 0 aromatic heterocycles. The lowest BCUT2D eigenvalue weighted by molar-refractivity contribution is 0.470. The Morgan fingerprint density at radius 1 is 1.31 bits per heavy atom. The molecule has 0 saturated heterocycles. The number of benzene rings is 1. The first-order chi connectivity index (χ1) is 7.50. The van der Waals surface area contributed by atoms with E-state index in [4.69, 9.17) is 0 Å². The van der Waals surface area contributed by atoms with Crippen molar-refractivity contribution < 1.29 is 5.11 Å². The highest BCUT2D eigenvalue weighted by atomic mass is 16.3. The van der Waals surface area contributed by atoms with Crippen molar-refractivity contribution in [3.8, 4) is 5.75 Å². The Hall–Kier alpha value is -1.31. The first kappa shape index (κ1) is 12.8. The third kappa shape index (κ3) is 3.69. The number of phenolic OH excluding ortho intramolecular Hbond substituents is 1. The Kier molecular flexibility index (Phi) is 4.53. The van der Waals surface area contributed by atoms with Crippen LogP contribution in [0.25, 0.3) is 0 Å². The highest BCUT2D eigenvalue weighted by molar-refractivity contribution is 5.84. The quantitative estimate of drug-likeness (QED) is 0.773. The minimum atomic E-state index is 0.346. The molecule has 1 aromatic carbocycles.